The lowest BCUT2D eigenvalue weighted by Gasteiger charge is -2.14. The quantitative estimate of drug-likeness (QED) is 0.812. The molecule has 0 radical (unpaired) electrons. The maximum absolute atomic E-state index is 11.3. The predicted octanol–water partition coefficient (Wildman–Crippen LogP) is 3.30. The Bertz CT molecular complexity index is 578. The van der Waals surface area contributed by atoms with Crippen molar-refractivity contribution in [1.29, 1.82) is 0 Å². The van der Waals surface area contributed by atoms with E-state index in [-0.39, 0.29) is 6.61 Å². The van der Waals surface area contributed by atoms with Gasteiger partial charge in [-0.3, -0.25) is 0 Å². The van der Waals surface area contributed by atoms with E-state index in [1.54, 1.807) is 0 Å². The molecular weight excluding hydrogens is 280 g/mol. The fraction of sp³-hybridized carbons (Fsp3) is 0.278. The van der Waals surface area contributed by atoms with Crippen molar-refractivity contribution in [2.45, 2.75) is 26.1 Å². The zero-order valence-corrected chi connectivity index (χ0v) is 12.6. The topological polar surface area (TPSA) is 55.8 Å². The van der Waals surface area contributed by atoms with E-state index in [2.05, 4.69) is 0 Å². The van der Waals surface area contributed by atoms with Gasteiger partial charge in [-0.25, -0.2) is 4.79 Å². The molecule has 1 N–H and O–H groups in total. The number of carboxylic acids is 1. The number of hydrogen-bond acceptors (Lipinski definition) is 3. The summed E-state index contributed by atoms with van der Waals surface area (Å²) in [6.07, 6.45) is -0.535. The highest BCUT2D eigenvalue weighted by atomic mass is 16.5. The Labute approximate surface area is 130 Å². The molecule has 0 aliphatic rings. The van der Waals surface area contributed by atoms with Crippen molar-refractivity contribution < 1.29 is 19.4 Å². The van der Waals surface area contributed by atoms with Gasteiger partial charge < -0.3 is 14.6 Å². The van der Waals surface area contributed by atoms with Gasteiger partial charge in [0.1, 0.15) is 5.75 Å². The van der Waals surface area contributed by atoms with E-state index in [4.69, 9.17) is 9.47 Å². The molecule has 4 heteroatoms. The van der Waals surface area contributed by atoms with Crippen molar-refractivity contribution in [1.82, 2.24) is 0 Å². The number of carbonyl (C=O) groups is 1. The maximum Gasteiger partial charge on any atom is 0.333 e. The van der Waals surface area contributed by atoms with Gasteiger partial charge in [-0.15, -0.1) is 0 Å². The molecule has 0 amide bonds. The Hall–Kier alpha value is -2.33. The van der Waals surface area contributed by atoms with Gasteiger partial charge in [0.25, 0.3) is 0 Å². The first-order valence-electron chi connectivity index (χ1n) is 7.29. The molecule has 0 fully saturated rings. The molecule has 0 saturated carbocycles. The van der Waals surface area contributed by atoms with E-state index in [1.807, 2.05) is 61.5 Å². The zero-order chi connectivity index (χ0) is 15.8. The fourth-order valence-corrected chi connectivity index (χ4v) is 2.09. The molecule has 1 atom stereocenters. The smallest absolute Gasteiger partial charge is 0.333 e. The minimum Gasteiger partial charge on any atom is -0.494 e. The molecule has 0 aliphatic heterocycles. The lowest BCUT2D eigenvalue weighted by atomic mass is 10.1. The Morgan fingerprint density at radius 2 is 1.73 bits per heavy atom. The molecule has 0 unspecified atom stereocenters. The molecule has 22 heavy (non-hydrogen) atoms. The third-order valence-electron chi connectivity index (χ3n) is 3.22. The van der Waals surface area contributed by atoms with Crippen molar-refractivity contribution in [3.05, 3.63) is 65.7 Å². The largest absolute Gasteiger partial charge is 0.494 e. The average Bonchev–Trinajstić information content (AvgIpc) is 2.54. The van der Waals surface area contributed by atoms with Crippen LogP contribution in [-0.4, -0.2) is 23.8 Å². The summed E-state index contributed by atoms with van der Waals surface area (Å²) < 4.78 is 10.9. The first-order chi connectivity index (χ1) is 10.7. The first-order valence-corrected chi connectivity index (χ1v) is 7.29. The molecule has 0 heterocycles. The van der Waals surface area contributed by atoms with Gasteiger partial charge in [0, 0.05) is 6.42 Å². The number of hydrogen-bond donors (Lipinski definition) is 1. The number of ether oxygens (including phenoxy) is 2. The van der Waals surface area contributed by atoms with Crippen LogP contribution in [0.25, 0.3) is 0 Å². The van der Waals surface area contributed by atoms with Crippen LogP contribution in [0.15, 0.2) is 54.6 Å². The second-order valence-electron chi connectivity index (χ2n) is 4.90. The third kappa shape index (κ3) is 4.90. The van der Waals surface area contributed by atoms with Gasteiger partial charge in [-0.05, 0) is 30.2 Å². The van der Waals surface area contributed by atoms with Crippen LogP contribution >= 0.6 is 0 Å². The summed E-state index contributed by atoms with van der Waals surface area (Å²) in [6, 6.07) is 17.0. The first kappa shape index (κ1) is 16.0. The minimum absolute atomic E-state index is 0.287. The Balaban J connectivity index is 1.95. The summed E-state index contributed by atoms with van der Waals surface area (Å²) in [5.74, 6) is -0.173. The van der Waals surface area contributed by atoms with Crippen LogP contribution < -0.4 is 4.74 Å². The maximum atomic E-state index is 11.3. The highest BCUT2D eigenvalue weighted by Gasteiger charge is 2.18. The third-order valence-corrected chi connectivity index (χ3v) is 3.22. The number of rotatable bonds is 8. The summed E-state index contributed by atoms with van der Waals surface area (Å²) >= 11 is 0. The molecule has 0 aliphatic carbocycles. The molecule has 4 nitrogen and oxygen atoms in total. The van der Waals surface area contributed by atoms with Crippen molar-refractivity contribution in [3.8, 4) is 5.75 Å². The van der Waals surface area contributed by atoms with E-state index >= 15 is 0 Å². The van der Waals surface area contributed by atoms with Crippen LogP contribution in [0.2, 0.25) is 0 Å². The van der Waals surface area contributed by atoms with Crippen LogP contribution in [-0.2, 0) is 22.6 Å². The van der Waals surface area contributed by atoms with E-state index in [1.165, 1.54) is 0 Å². The fourth-order valence-electron chi connectivity index (χ4n) is 2.09. The van der Waals surface area contributed by atoms with Gasteiger partial charge in [0.05, 0.1) is 13.2 Å². The second kappa shape index (κ2) is 8.20. The molecule has 0 saturated heterocycles. The lowest BCUT2D eigenvalue weighted by Crippen LogP contribution is -2.26. The van der Waals surface area contributed by atoms with E-state index in [0.29, 0.717) is 13.0 Å². The normalized spacial score (nSPS) is 11.9. The van der Waals surface area contributed by atoms with Crippen molar-refractivity contribution in [2.75, 3.05) is 6.61 Å². The van der Waals surface area contributed by atoms with E-state index in [9.17, 15) is 9.90 Å². The summed E-state index contributed by atoms with van der Waals surface area (Å²) in [6.45, 7) is 2.82. The van der Waals surface area contributed by atoms with Crippen LogP contribution in [0.1, 0.15) is 18.1 Å². The van der Waals surface area contributed by atoms with Gasteiger partial charge in [0.2, 0.25) is 0 Å². The second-order valence-corrected chi connectivity index (χ2v) is 4.90. The van der Waals surface area contributed by atoms with E-state index < -0.39 is 12.1 Å². The van der Waals surface area contributed by atoms with Crippen molar-refractivity contribution in [3.63, 3.8) is 0 Å². The van der Waals surface area contributed by atoms with Crippen molar-refractivity contribution >= 4 is 5.97 Å². The molecule has 0 bridgehead atoms. The highest BCUT2D eigenvalue weighted by Crippen LogP contribution is 2.15. The number of aliphatic carboxylic acids is 1. The highest BCUT2D eigenvalue weighted by molar-refractivity contribution is 5.72. The Kier molecular flexibility index (Phi) is 5.98. The summed E-state index contributed by atoms with van der Waals surface area (Å²) in [4.78, 5) is 11.3. The summed E-state index contributed by atoms with van der Waals surface area (Å²) in [5, 5.41) is 9.30. The molecule has 0 spiro atoms. The predicted molar refractivity (Wildman–Crippen MR) is 84.0 cm³/mol. The van der Waals surface area contributed by atoms with Gasteiger partial charge in [-0.1, -0.05) is 42.5 Å². The van der Waals surface area contributed by atoms with Gasteiger partial charge in [0.15, 0.2) is 6.10 Å². The average molecular weight is 300 g/mol. The minimum atomic E-state index is -0.954. The van der Waals surface area contributed by atoms with Gasteiger partial charge in [-0.2, -0.15) is 0 Å². The summed E-state index contributed by atoms with van der Waals surface area (Å²) in [7, 11) is 0. The van der Waals surface area contributed by atoms with E-state index in [0.717, 1.165) is 16.9 Å². The number of carboxylic acid groups (broad SMARTS) is 1. The molecule has 0 aromatic heterocycles. The standard InChI is InChI=1S/C18H20O4/c1-2-21-16-10-8-14(9-11-16)12-17(18(19)20)22-13-15-6-4-3-5-7-15/h3-11,17H,2,12-13H2,1H3,(H,19,20)/t17-/m0/s1. The van der Waals surface area contributed by atoms with Crippen LogP contribution in [0.3, 0.4) is 0 Å². The Morgan fingerprint density at radius 3 is 2.32 bits per heavy atom. The molecule has 2 aromatic rings. The lowest BCUT2D eigenvalue weighted by molar-refractivity contribution is -0.151. The summed E-state index contributed by atoms with van der Waals surface area (Å²) in [5.41, 5.74) is 1.87. The molecule has 2 rings (SSSR count). The van der Waals surface area contributed by atoms with Crippen LogP contribution in [0.4, 0.5) is 0 Å². The zero-order valence-electron chi connectivity index (χ0n) is 12.6. The van der Waals surface area contributed by atoms with Gasteiger partial charge >= 0.3 is 5.97 Å². The monoisotopic (exact) mass is 300 g/mol. The van der Waals surface area contributed by atoms with Crippen molar-refractivity contribution in [2.24, 2.45) is 0 Å². The SMILES string of the molecule is CCOc1ccc(C[C@H](OCc2ccccc2)C(=O)O)cc1. The molecule has 2 aromatic carbocycles. The molecular formula is C18H20O4. The Morgan fingerprint density at radius 1 is 1.05 bits per heavy atom. The van der Waals surface area contributed by atoms with Crippen LogP contribution in [0.5, 0.6) is 5.75 Å². The number of benzene rings is 2. The molecule has 116 valence electrons. The van der Waals surface area contributed by atoms with Crippen LogP contribution in [0, 0.1) is 0 Å².